The van der Waals surface area contributed by atoms with Crippen LogP contribution in [0.4, 0.5) is 0 Å². The van der Waals surface area contributed by atoms with Gasteiger partial charge >= 0.3 is 0 Å². The Morgan fingerprint density at radius 1 is 2.00 bits per heavy atom. The van der Waals surface area contributed by atoms with E-state index >= 15 is 0 Å². The Morgan fingerprint density at radius 3 is 2.50 bits per heavy atom. The van der Waals surface area contributed by atoms with Crippen molar-refractivity contribution >= 4 is 25.3 Å². The van der Waals surface area contributed by atoms with Crippen molar-refractivity contribution in [2.75, 3.05) is 0 Å². The van der Waals surface area contributed by atoms with Crippen LogP contribution in [0.15, 0.2) is 12.7 Å². The largest absolute Gasteiger partial charge is 0.300 e. The Balaban J connectivity index is 3.23. The smallest absolute Gasteiger partial charge is 0.206 e. The molecule has 0 unspecified atom stereocenters. The molecule has 6 heavy (non-hydrogen) atoms. The van der Waals surface area contributed by atoms with Crippen molar-refractivity contribution in [1.29, 1.82) is 0 Å². The number of carbonyl (C=O) groups is 1. The van der Waals surface area contributed by atoms with Crippen molar-refractivity contribution < 1.29 is 4.79 Å². The number of hydrogen-bond acceptors (Lipinski definition) is 1. The Bertz CT molecular complexity index is 71.2. The van der Waals surface area contributed by atoms with Gasteiger partial charge < -0.3 is 0 Å². The molecule has 0 fully saturated rings. The third-order valence-electron chi connectivity index (χ3n) is 0.359. The molecular formula is C3H5ClOSi. The van der Waals surface area contributed by atoms with Crippen LogP contribution >= 0.6 is 11.1 Å². The molecule has 0 amide bonds. The molecule has 0 aliphatic carbocycles. The third-order valence-corrected chi connectivity index (χ3v) is 1.70. The van der Waals surface area contributed by atoms with Crippen LogP contribution in [0, 0.1) is 0 Å². The van der Waals surface area contributed by atoms with E-state index in [1.807, 2.05) is 0 Å². The SMILES string of the molecule is C=CC(=O)[SiH2]Cl. The molecule has 0 aromatic rings. The summed E-state index contributed by atoms with van der Waals surface area (Å²) in [6.45, 7) is 3.23. The van der Waals surface area contributed by atoms with Crippen molar-refractivity contribution in [3.8, 4) is 0 Å². The molecule has 3 heteroatoms. The normalized spacial score (nSPS) is 9.50. The Labute approximate surface area is 43.5 Å². The molecule has 34 valence electrons. The fourth-order valence-electron chi connectivity index (χ4n) is 0.0546. The minimum Gasteiger partial charge on any atom is -0.300 e. The van der Waals surface area contributed by atoms with Crippen molar-refractivity contribution in [2.45, 2.75) is 0 Å². The Hall–Kier alpha value is -0.0831. The second-order valence-electron chi connectivity index (χ2n) is 0.804. The van der Waals surface area contributed by atoms with Crippen molar-refractivity contribution in [1.82, 2.24) is 0 Å². The maximum Gasteiger partial charge on any atom is 0.206 e. The molecule has 0 atom stereocenters. The summed E-state index contributed by atoms with van der Waals surface area (Å²) in [4.78, 5) is 9.99. The summed E-state index contributed by atoms with van der Waals surface area (Å²) >= 11 is 5.17. The summed E-state index contributed by atoms with van der Waals surface area (Å²) in [7, 11) is -0.946. The monoisotopic (exact) mass is 120 g/mol. The molecule has 0 heterocycles. The number of rotatable bonds is 2. The molecule has 0 saturated carbocycles. The minimum atomic E-state index is -0.946. The van der Waals surface area contributed by atoms with E-state index in [0.29, 0.717) is 0 Å². The second-order valence-corrected chi connectivity index (χ2v) is 2.57. The maximum absolute atomic E-state index is 9.99. The second kappa shape index (κ2) is 3.12. The fraction of sp³-hybridized carbons (Fsp3) is 0. The van der Waals surface area contributed by atoms with Crippen LogP contribution in [-0.2, 0) is 4.79 Å². The summed E-state index contributed by atoms with van der Waals surface area (Å²) in [6.07, 6.45) is 1.26. The Morgan fingerprint density at radius 2 is 2.50 bits per heavy atom. The van der Waals surface area contributed by atoms with Gasteiger partial charge in [0, 0.05) is 0 Å². The molecule has 1 nitrogen and oxygen atoms in total. The van der Waals surface area contributed by atoms with Crippen LogP contribution < -0.4 is 0 Å². The molecule has 0 rings (SSSR count). The van der Waals surface area contributed by atoms with Crippen LogP contribution in [0.3, 0.4) is 0 Å². The molecule has 0 aromatic heterocycles. The molecule has 0 bridgehead atoms. The average molecular weight is 121 g/mol. The lowest BCUT2D eigenvalue weighted by molar-refractivity contribution is -0.107. The minimum absolute atomic E-state index is 0.0108. The summed E-state index contributed by atoms with van der Waals surface area (Å²) in [5.41, 5.74) is 0. The van der Waals surface area contributed by atoms with Crippen molar-refractivity contribution in [2.24, 2.45) is 0 Å². The number of halogens is 1. The molecule has 0 aliphatic heterocycles. The molecule has 0 saturated heterocycles. The van der Waals surface area contributed by atoms with Gasteiger partial charge in [-0.05, 0) is 6.08 Å². The first-order chi connectivity index (χ1) is 2.81. The molecule has 0 aliphatic rings. The van der Waals surface area contributed by atoms with Crippen LogP contribution in [0.2, 0.25) is 0 Å². The van der Waals surface area contributed by atoms with Gasteiger partial charge in [-0.1, -0.05) is 6.58 Å². The van der Waals surface area contributed by atoms with Crippen LogP contribution in [0.5, 0.6) is 0 Å². The first kappa shape index (κ1) is 5.92. The fourth-order valence-corrected chi connectivity index (χ4v) is 0.491. The first-order valence-electron chi connectivity index (χ1n) is 1.52. The highest BCUT2D eigenvalue weighted by Crippen LogP contribution is 1.71. The molecule has 0 N–H and O–H groups in total. The van der Waals surface area contributed by atoms with Gasteiger partial charge in [-0.25, -0.2) is 0 Å². The number of carbonyl (C=O) groups excluding carboxylic acids is 1. The van der Waals surface area contributed by atoms with Gasteiger partial charge in [-0.15, -0.1) is 0 Å². The first-order valence-corrected chi connectivity index (χ1v) is 4.37. The molecule has 0 aromatic carbocycles. The average Bonchev–Trinajstić information content (AvgIpc) is 1.65. The Kier molecular flexibility index (Phi) is 3.08. The zero-order valence-electron chi connectivity index (χ0n) is 3.28. The lowest BCUT2D eigenvalue weighted by Gasteiger charge is -1.72. The van der Waals surface area contributed by atoms with E-state index < -0.39 is 8.83 Å². The van der Waals surface area contributed by atoms with Gasteiger partial charge in [0.1, 0.15) is 5.41 Å². The van der Waals surface area contributed by atoms with E-state index in [1.165, 1.54) is 6.08 Å². The zero-order valence-corrected chi connectivity index (χ0v) is 5.45. The quantitative estimate of drug-likeness (QED) is 0.285. The predicted octanol–water partition coefficient (Wildman–Crippen LogP) is 0.0216. The highest BCUT2D eigenvalue weighted by molar-refractivity contribution is 7.12. The highest BCUT2D eigenvalue weighted by atomic mass is 35.6. The van der Waals surface area contributed by atoms with Gasteiger partial charge in [-0.3, -0.25) is 4.79 Å². The van der Waals surface area contributed by atoms with E-state index in [9.17, 15) is 4.79 Å². The third kappa shape index (κ3) is 2.17. The van der Waals surface area contributed by atoms with Crippen molar-refractivity contribution in [3.63, 3.8) is 0 Å². The maximum atomic E-state index is 9.99. The van der Waals surface area contributed by atoms with Crippen molar-refractivity contribution in [3.05, 3.63) is 12.7 Å². The topological polar surface area (TPSA) is 17.1 Å². The lowest BCUT2D eigenvalue weighted by atomic mass is 10.7. The summed E-state index contributed by atoms with van der Waals surface area (Å²) in [6, 6.07) is 0. The van der Waals surface area contributed by atoms with Gasteiger partial charge in [0.25, 0.3) is 0 Å². The van der Waals surface area contributed by atoms with E-state index in [2.05, 4.69) is 6.58 Å². The van der Waals surface area contributed by atoms with Crippen LogP contribution in [0.1, 0.15) is 0 Å². The molecular weight excluding hydrogens is 116 g/mol. The number of hydrogen-bond donors (Lipinski definition) is 0. The van der Waals surface area contributed by atoms with E-state index in [1.54, 1.807) is 0 Å². The molecule has 0 spiro atoms. The standard InChI is InChI=1S/C3H5ClOSi/c1-2-3(5)6-4/h2H,1,6H2. The summed E-state index contributed by atoms with van der Waals surface area (Å²) in [5, 5.41) is 0.0108. The summed E-state index contributed by atoms with van der Waals surface area (Å²) in [5.74, 6) is 0. The lowest BCUT2D eigenvalue weighted by Crippen LogP contribution is -1.94. The van der Waals surface area contributed by atoms with Gasteiger partial charge in [0.05, 0.1) is 0 Å². The van der Waals surface area contributed by atoms with Crippen LogP contribution in [-0.4, -0.2) is 14.2 Å². The van der Waals surface area contributed by atoms with E-state index in [4.69, 9.17) is 11.1 Å². The number of allylic oxidation sites excluding steroid dienone is 1. The van der Waals surface area contributed by atoms with Crippen LogP contribution in [0.25, 0.3) is 0 Å². The van der Waals surface area contributed by atoms with Gasteiger partial charge in [0.2, 0.25) is 8.83 Å². The predicted molar refractivity (Wildman–Crippen MR) is 29.6 cm³/mol. The highest BCUT2D eigenvalue weighted by Gasteiger charge is 1.86. The van der Waals surface area contributed by atoms with E-state index in [-0.39, 0.29) is 5.41 Å². The van der Waals surface area contributed by atoms with Gasteiger partial charge in [-0.2, -0.15) is 11.1 Å². The van der Waals surface area contributed by atoms with Gasteiger partial charge in [0.15, 0.2) is 0 Å². The zero-order chi connectivity index (χ0) is 4.99. The summed E-state index contributed by atoms with van der Waals surface area (Å²) < 4.78 is 0. The van der Waals surface area contributed by atoms with E-state index in [0.717, 1.165) is 0 Å². The molecule has 0 radical (unpaired) electrons.